The third kappa shape index (κ3) is 6.20. The van der Waals surface area contributed by atoms with E-state index < -0.39 is 0 Å². The zero-order chi connectivity index (χ0) is 13.4. The summed E-state index contributed by atoms with van der Waals surface area (Å²) in [4.78, 5) is 22.7. The summed E-state index contributed by atoms with van der Waals surface area (Å²) in [7, 11) is 0. The lowest BCUT2D eigenvalue weighted by Crippen LogP contribution is -2.47. The topological polar surface area (TPSA) is 70.2 Å². The second kappa shape index (κ2) is 8.31. The quantitative estimate of drug-likeness (QED) is 0.517. The molecule has 3 amide bonds. The molecule has 1 aliphatic rings. The second-order valence-electron chi connectivity index (χ2n) is 3.99. The highest BCUT2D eigenvalue weighted by atomic mass is 32.2. The van der Waals surface area contributed by atoms with Gasteiger partial charge in [-0.05, 0) is 6.92 Å². The Morgan fingerprint density at radius 3 is 2.44 bits per heavy atom. The summed E-state index contributed by atoms with van der Waals surface area (Å²) >= 11 is 3.67. The molecule has 18 heavy (non-hydrogen) atoms. The maximum atomic E-state index is 11.5. The first-order chi connectivity index (χ1) is 8.59. The van der Waals surface area contributed by atoms with Gasteiger partial charge in [0.05, 0.1) is 0 Å². The molecule has 0 atom stereocenters. The molecule has 0 radical (unpaired) electrons. The van der Waals surface area contributed by atoms with Gasteiger partial charge in [0.2, 0.25) is 5.91 Å². The van der Waals surface area contributed by atoms with Gasteiger partial charge in [-0.25, -0.2) is 4.79 Å². The highest BCUT2D eigenvalue weighted by Crippen LogP contribution is 2.20. The van der Waals surface area contributed by atoms with Crippen LogP contribution < -0.4 is 16.0 Å². The number of urea groups is 1. The van der Waals surface area contributed by atoms with E-state index in [2.05, 4.69) is 22.5 Å². The summed E-state index contributed by atoms with van der Waals surface area (Å²) in [6.07, 6.45) is 0. The fourth-order valence-electron chi connectivity index (χ4n) is 1.31. The molecular weight excluding hydrogens is 270 g/mol. The Kier molecular flexibility index (Phi) is 7.04. The Labute approximate surface area is 116 Å². The lowest BCUT2D eigenvalue weighted by atomic mass is 10.3. The van der Waals surface area contributed by atoms with Gasteiger partial charge in [-0.2, -0.15) is 0 Å². The van der Waals surface area contributed by atoms with Crippen LogP contribution in [0, 0.1) is 0 Å². The maximum absolute atomic E-state index is 11.5. The minimum atomic E-state index is -0.183. The largest absolute Gasteiger partial charge is 0.351 e. The van der Waals surface area contributed by atoms with Crippen LogP contribution in [-0.2, 0) is 4.79 Å². The van der Waals surface area contributed by atoms with Crippen molar-refractivity contribution in [1.29, 1.82) is 0 Å². The molecule has 0 aromatic rings. The first kappa shape index (κ1) is 15.2. The van der Waals surface area contributed by atoms with E-state index in [1.165, 1.54) is 0 Å². The lowest BCUT2D eigenvalue weighted by Gasteiger charge is -2.22. The third-order valence-corrected chi connectivity index (χ3v) is 4.83. The summed E-state index contributed by atoms with van der Waals surface area (Å²) in [6, 6.07) is 0.0615. The lowest BCUT2D eigenvalue weighted by molar-refractivity contribution is -0.117. The van der Waals surface area contributed by atoms with E-state index in [4.69, 9.17) is 0 Å². The van der Waals surface area contributed by atoms with Crippen LogP contribution in [0.25, 0.3) is 0 Å². The average Bonchev–Trinajstić information content (AvgIpc) is 2.35. The van der Waals surface area contributed by atoms with Crippen LogP contribution in [0.1, 0.15) is 6.92 Å². The van der Waals surface area contributed by atoms with Crippen LogP contribution in [0.15, 0.2) is 12.2 Å². The van der Waals surface area contributed by atoms with E-state index in [0.717, 1.165) is 16.6 Å². The fraction of sp³-hybridized carbons (Fsp3) is 0.636. The zero-order valence-electron chi connectivity index (χ0n) is 10.5. The first-order valence-corrected chi connectivity index (χ1v) is 8.04. The molecule has 1 heterocycles. The van der Waals surface area contributed by atoms with Gasteiger partial charge in [-0.15, -0.1) is 23.5 Å². The molecule has 0 aromatic heterocycles. The molecule has 102 valence electrons. The molecule has 1 aliphatic heterocycles. The molecule has 1 fully saturated rings. The normalized spacial score (nSPS) is 15.8. The molecule has 3 N–H and O–H groups in total. The molecule has 1 saturated heterocycles. The second-order valence-corrected chi connectivity index (χ2v) is 6.42. The monoisotopic (exact) mass is 289 g/mol. The molecule has 7 heteroatoms. The van der Waals surface area contributed by atoms with Crippen LogP contribution in [-0.4, -0.2) is 47.7 Å². The van der Waals surface area contributed by atoms with Crippen molar-refractivity contribution in [3.8, 4) is 0 Å². The zero-order valence-corrected chi connectivity index (χ0v) is 12.1. The summed E-state index contributed by atoms with van der Waals surface area (Å²) in [5, 5.41) is 9.37. The number of thioether (sulfide) groups is 2. The number of hydrogen-bond donors (Lipinski definition) is 3. The number of hydrogen-bond acceptors (Lipinski definition) is 4. The number of rotatable bonds is 5. The van der Waals surface area contributed by atoms with Crippen LogP contribution >= 0.6 is 23.5 Å². The highest BCUT2D eigenvalue weighted by Gasteiger charge is 2.15. The minimum absolute atomic E-state index is 0.173. The van der Waals surface area contributed by atoms with Crippen LogP contribution in [0.3, 0.4) is 0 Å². The smallest absolute Gasteiger partial charge is 0.315 e. The van der Waals surface area contributed by atoms with E-state index in [-0.39, 0.29) is 18.0 Å². The Balaban J connectivity index is 2.06. The molecule has 5 nitrogen and oxygen atoms in total. The van der Waals surface area contributed by atoms with E-state index >= 15 is 0 Å². The van der Waals surface area contributed by atoms with Crippen LogP contribution in [0.2, 0.25) is 0 Å². The predicted octanol–water partition coefficient (Wildman–Crippen LogP) is 0.784. The third-order valence-electron chi connectivity index (χ3n) is 2.22. The van der Waals surface area contributed by atoms with Gasteiger partial charge in [0.15, 0.2) is 0 Å². The average molecular weight is 289 g/mol. The van der Waals surface area contributed by atoms with Gasteiger partial charge in [-0.1, -0.05) is 6.58 Å². The summed E-state index contributed by atoms with van der Waals surface area (Å²) in [6.45, 7) is 6.00. The molecule has 0 spiro atoms. The molecule has 0 saturated carbocycles. The standard InChI is InChI=1S/C11H19N3O2S2/c1-8(2)10(15)12-3-4-13-11(16)14-9-5-17-7-18-6-9/h9H,1,3-7H2,2H3,(H,12,15)(H2,13,14,16). The van der Waals surface area contributed by atoms with Gasteiger partial charge < -0.3 is 16.0 Å². The van der Waals surface area contributed by atoms with Crippen LogP contribution in [0.4, 0.5) is 4.79 Å². The number of carbonyl (C=O) groups is 2. The Morgan fingerprint density at radius 2 is 1.83 bits per heavy atom. The van der Waals surface area contributed by atoms with Crippen molar-refractivity contribution in [1.82, 2.24) is 16.0 Å². The van der Waals surface area contributed by atoms with E-state index in [9.17, 15) is 9.59 Å². The minimum Gasteiger partial charge on any atom is -0.351 e. The van der Waals surface area contributed by atoms with Crippen molar-refractivity contribution in [2.45, 2.75) is 13.0 Å². The molecule has 1 rings (SSSR count). The highest BCUT2D eigenvalue weighted by molar-refractivity contribution is 8.16. The van der Waals surface area contributed by atoms with Crippen molar-refractivity contribution in [2.75, 3.05) is 29.7 Å². The Bertz CT molecular complexity index is 317. The van der Waals surface area contributed by atoms with Gasteiger partial charge in [0, 0.05) is 41.3 Å². The molecule has 0 bridgehead atoms. The van der Waals surface area contributed by atoms with Crippen molar-refractivity contribution in [2.24, 2.45) is 0 Å². The van der Waals surface area contributed by atoms with E-state index in [1.807, 2.05) is 23.5 Å². The Hall–Kier alpha value is -0.820. The first-order valence-electron chi connectivity index (χ1n) is 5.73. The van der Waals surface area contributed by atoms with E-state index in [1.54, 1.807) is 6.92 Å². The molecule has 0 aromatic carbocycles. The van der Waals surface area contributed by atoms with Crippen molar-refractivity contribution in [3.05, 3.63) is 12.2 Å². The maximum Gasteiger partial charge on any atom is 0.315 e. The predicted molar refractivity (Wildman–Crippen MR) is 77.9 cm³/mol. The Morgan fingerprint density at radius 1 is 1.22 bits per heavy atom. The van der Waals surface area contributed by atoms with Crippen LogP contribution in [0.5, 0.6) is 0 Å². The summed E-state index contributed by atoms with van der Waals surface area (Å²) in [5.74, 6) is 1.75. The molecule has 0 aliphatic carbocycles. The summed E-state index contributed by atoms with van der Waals surface area (Å²) in [5.41, 5.74) is 0.468. The SMILES string of the molecule is C=C(C)C(=O)NCCNC(=O)NC1CSCSC1. The van der Waals surface area contributed by atoms with Gasteiger partial charge in [-0.3, -0.25) is 4.79 Å². The van der Waals surface area contributed by atoms with Crippen molar-refractivity contribution in [3.63, 3.8) is 0 Å². The van der Waals surface area contributed by atoms with Crippen molar-refractivity contribution >= 4 is 35.5 Å². The van der Waals surface area contributed by atoms with Gasteiger partial charge in [0.1, 0.15) is 0 Å². The van der Waals surface area contributed by atoms with Gasteiger partial charge >= 0.3 is 6.03 Å². The number of amides is 3. The summed E-state index contributed by atoms with van der Waals surface area (Å²) < 4.78 is 0. The molecular formula is C11H19N3O2S2. The molecule has 0 unspecified atom stereocenters. The number of nitrogens with one attached hydrogen (secondary N) is 3. The fourth-order valence-corrected chi connectivity index (χ4v) is 3.67. The number of carbonyl (C=O) groups excluding carboxylic acids is 2. The van der Waals surface area contributed by atoms with Gasteiger partial charge in [0.25, 0.3) is 0 Å². The van der Waals surface area contributed by atoms with E-state index in [0.29, 0.717) is 18.7 Å². The van der Waals surface area contributed by atoms with Crippen molar-refractivity contribution < 1.29 is 9.59 Å².